The number of likely N-dealkylation sites (tertiary alicyclic amines) is 1. The molecule has 1 aromatic carbocycles. The number of hydrogen-bond acceptors (Lipinski definition) is 5. The zero-order valence-corrected chi connectivity index (χ0v) is 13.7. The highest BCUT2D eigenvalue weighted by molar-refractivity contribution is 5.91. The predicted octanol–water partition coefficient (Wildman–Crippen LogP) is 2.39. The molecule has 23 heavy (non-hydrogen) atoms. The average molecular weight is 323 g/mol. The van der Waals surface area contributed by atoms with Crippen LogP contribution in [0.15, 0.2) is 18.2 Å². The Morgan fingerprint density at radius 1 is 1.26 bits per heavy atom. The second-order valence-corrected chi connectivity index (χ2v) is 6.29. The number of carbonyl (C=O) groups excluding carboxylic acids is 1. The van der Waals surface area contributed by atoms with Gasteiger partial charge in [-0.05, 0) is 32.9 Å². The first-order valence-electron chi connectivity index (χ1n) is 7.25. The standard InChI is InChI=1S/C16H21NO6/c1-16(2,3)23-15(20)17-8-11(9-17)22-10-5-6-12(14(18)19)13(7-10)21-4/h5-7,11H,8-9H2,1-4H3,(H,18,19). The molecule has 1 saturated heterocycles. The van der Waals surface area contributed by atoms with Crippen LogP contribution in [0.3, 0.4) is 0 Å². The van der Waals surface area contributed by atoms with Gasteiger partial charge in [-0.15, -0.1) is 0 Å². The highest BCUT2D eigenvalue weighted by Crippen LogP contribution is 2.27. The van der Waals surface area contributed by atoms with E-state index in [1.165, 1.54) is 19.2 Å². The maximum absolute atomic E-state index is 11.8. The van der Waals surface area contributed by atoms with Crippen LogP contribution >= 0.6 is 0 Å². The lowest BCUT2D eigenvalue weighted by molar-refractivity contribution is -0.0222. The average Bonchev–Trinajstić information content (AvgIpc) is 2.39. The van der Waals surface area contributed by atoms with E-state index < -0.39 is 11.6 Å². The highest BCUT2D eigenvalue weighted by Gasteiger charge is 2.35. The van der Waals surface area contributed by atoms with Crippen LogP contribution in [-0.2, 0) is 4.74 Å². The molecule has 0 atom stereocenters. The number of ether oxygens (including phenoxy) is 3. The Hall–Kier alpha value is -2.44. The zero-order valence-electron chi connectivity index (χ0n) is 13.7. The number of benzene rings is 1. The Kier molecular flexibility index (Phi) is 4.68. The second-order valence-electron chi connectivity index (χ2n) is 6.29. The van der Waals surface area contributed by atoms with Crippen LogP contribution in [0.5, 0.6) is 11.5 Å². The molecule has 1 fully saturated rings. The molecular weight excluding hydrogens is 302 g/mol. The first kappa shape index (κ1) is 16.9. The van der Waals surface area contributed by atoms with Crippen molar-refractivity contribution in [3.05, 3.63) is 23.8 Å². The molecule has 7 nitrogen and oxygen atoms in total. The Balaban J connectivity index is 1.91. The fourth-order valence-corrected chi connectivity index (χ4v) is 2.10. The molecule has 7 heteroatoms. The van der Waals surface area contributed by atoms with E-state index >= 15 is 0 Å². The molecule has 1 heterocycles. The van der Waals surface area contributed by atoms with E-state index in [0.29, 0.717) is 18.8 Å². The lowest BCUT2D eigenvalue weighted by Gasteiger charge is -2.39. The normalized spacial score (nSPS) is 14.9. The van der Waals surface area contributed by atoms with Gasteiger partial charge in [-0.2, -0.15) is 0 Å². The molecule has 0 radical (unpaired) electrons. The van der Waals surface area contributed by atoms with Crippen molar-refractivity contribution >= 4 is 12.1 Å². The number of aromatic carboxylic acids is 1. The summed E-state index contributed by atoms with van der Waals surface area (Å²) in [4.78, 5) is 24.4. The summed E-state index contributed by atoms with van der Waals surface area (Å²) in [5.41, 5.74) is -0.452. The second kappa shape index (κ2) is 6.36. The van der Waals surface area contributed by atoms with Crippen molar-refractivity contribution in [2.45, 2.75) is 32.5 Å². The summed E-state index contributed by atoms with van der Waals surface area (Å²) in [6.07, 6.45) is -0.515. The smallest absolute Gasteiger partial charge is 0.410 e. The topological polar surface area (TPSA) is 85.3 Å². The largest absolute Gasteiger partial charge is 0.496 e. The molecule has 1 aliphatic rings. The van der Waals surface area contributed by atoms with E-state index in [4.69, 9.17) is 19.3 Å². The quantitative estimate of drug-likeness (QED) is 0.916. The Morgan fingerprint density at radius 2 is 1.91 bits per heavy atom. The first-order chi connectivity index (χ1) is 10.7. The van der Waals surface area contributed by atoms with Crippen LogP contribution in [0.1, 0.15) is 31.1 Å². The van der Waals surface area contributed by atoms with Crippen molar-refractivity contribution in [3.63, 3.8) is 0 Å². The van der Waals surface area contributed by atoms with Gasteiger partial charge in [0.05, 0.1) is 20.2 Å². The SMILES string of the molecule is COc1cc(OC2CN(C(=O)OC(C)(C)C)C2)ccc1C(=O)O. The molecule has 0 aliphatic carbocycles. The van der Waals surface area contributed by atoms with Crippen molar-refractivity contribution < 1.29 is 28.9 Å². The number of amides is 1. The molecule has 1 amide bonds. The van der Waals surface area contributed by atoms with E-state index in [9.17, 15) is 9.59 Å². The fraction of sp³-hybridized carbons (Fsp3) is 0.500. The first-order valence-corrected chi connectivity index (χ1v) is 7.25. The third-order valence-corrected chi connectivity index (χ3v) is 3.21. The van der Waals surface area contributed by atoms with Gasteiger partial charge in [0, 0.05) is 6.07 Å². The Morgan fingerprint density at radius 3 is 2.43 bits per heavy atom. The van der Waals surface area contributed by atoms with Gasteiger partial charge in [0.1, 0.15) is 28.8 Å². The molecule has 0 spiro atoms. The highest BCUT2D eigenvalue weighted by atomic mass is 16.6. The number of rotatable bonds is 4. The van der Waals surface area contributed by atoms with Crippen molar-refractivity contribution in [2.24, 2.45) is 0 Å². The molecule has 126 valence electrons. The monoisotopic (exact) mass is 323 g/mol. The minimum Gasteiger partial charge on any atom is -0.496 e. The number of nitrogens with zero attached hydrogens (tertiary/aromatic N) is 1. The van der Waals surface area contributed by atoms with Crippen LogP contribution in [-0.4, -0.2) is 54.0 Å². The van der Waals surface area contributed by atoms with Gasteiger partial charge in [0.15, 0.2) is 0 Å². The number of carboxylic acid groups (broad SMARTS) is 1. The molecule has 0 bridgehead atoms. The molecule has 1 N–H and O–H groups in total. The molecule has 0 unspecified atom stereocenters. The Bertz CT molecular complexity index is 601. The van der Waals surface area contributed by atoms with Gasteiger partial charge < -0.3 is 24.2 Å². The summed E-state index contributed by atoms with van der Waals surface area (Å²) in [6.45, 7) is 6.30. The minimum atomic E-state index is -1.06. The predicted molar refractivity (Wildman–Crippen MR) is 82.2 cm³/mol. The summed E-state index contributed by atoms with van der Waals surface area (Å²) in [7, 11) is 1.40. The van der Waals surface area contributed by atoms with Crippen molar-refractivity contribution in [1.82, 2.24) is 4.90 Å². The van der Waals surface area contributed by atoms with Crippen LogP contribution in [0.4, 0.5) is 4.79 Å². The van der Waals surface area contributed by atoms with Crippen molar-refractivity contribution in [2.75, 3.05) is 20.2 Å². The lowest BCUT2D eigenvalue weighted by atomic mass is 10.1. The van der Waals surface area contributed by atoms with E-state index in [0.717, 1.165) is 0 Å². The molecular formula is C16H21NO6. The van der Waals surface area contributed by atoms with Crippen LogP contribution < -0.4 is 9.47 Å². The van der Waals surface area contributed by atoms with Gasteiger partial charge in [0.25, 0.3) is 0 Å². The number of hydrogen-bond donors (Lipinski definition) is 1. The van der Waals surface area contributed by atoms with Crippen LogP contribution in [0, 0.1) is 0 Å². The maximum atomic E-state index is 11.8. The van der Waals surface area contributed by atoms with E-state index in [2.05, 4.69) is 0 Å². The van der Waals surface area contributed by atoms with E-state index in [-0.39, 0.29) is 23.5 Å². The number of carboxylic acids is 1. The number of methoxy groups -OCH3 is 1. The van der Waals surface area contributed by atoms with Crippen molar-refractivity contribution in [1.29, 1.82) is 0 Å². The summed E-state index contributed by atoms with van der Waals surface area (Å²) in [6, 6.07) is 4.53. The summed E-state index contributed by atoms with van der Waals surface area (Å²) in [5.74, 6) is -0.327. The van der Waals surface area contributed by atoms with Gasteiger partial charge >= 0.3 is 12.1 Å². The van der Waals surface area contributed by atoms with Gasteiger partial charge in [0.2, 0.25) is 0 Å². The van der Waals surface area contributed by atoms with Crippen LogP contribution in [0.2, 0.25) is 0 Å². The molecule has 2 rings (SSSR count). The van der Waals surface area contributed by atoms with Crippen molar-refractivity contribution in [3.8, 4) is 11.5 Å². The lowest BCUT2D eigenvalue weighted by Crippen LogP contribution is -2.57. The number of carbonyl (C=O) groups is 2. The van der Waals surface area contributed by atoms with E-state index in [1.54, 1.807) is 11.0 Å². The maximum Gasteiger partial charge on any atom is 0.410 e. The summed E-state index contributed by atoms with van der Waals surface area (Å²) >= 11 is 0. The zero-order chi connectivity index (χ0) is 17.2. The van der Waals surface area contributed by atoms with Gasteiger partial charge in [-0.3, -0.25) is 0 Å². The third-order valence-electron chi connectivity index (χ3n) is 3.21. The molecule has 1 aliphatic heterocycles. The molecule has 0 saturated carbocycles. The third kappa shape index (κ3) is 4.28. The molecule has 1 aromatic rings. The van der Waals surface area contributed by atoms with E-state index in [1.807, 2.05) is 20.8 Å². The Labute approximate surface area is 134 Å². The summed E-state index contributed by atoms with van der Waals surface area (Å²) in [5, 5.41) is 9.04. The van der Waals surface area contributed by atoms with Gasteiger partial charge in [-0.25, -0.2) is 9.59 Å². The fourth-order valence-electron chi connectivity index (χ4n) is 2.10. The summed E-state index contributed by atoms with van der Waals surface area (Å²) < 4.78 is 16.0. The van der Waals surface area contributed by atoms with Crippen LogP contribution in [0.25, 0.3) is 0 Å². The van der Waals surface area contributed by atoms with Gasteiger partial charge in [-0.1, -0.05) is 0 Å². The molecule has 0 aromatic heterocycles. The minimum absolute atomic E-state index is 0.0730.